The van der Waals surface area contributed by atoms with Gasteiger partial charge >= 0.3 is 12.1 Å². The Hall–Kier alpha value is -4.35. The molecule has 0 aliphatic heterocycles. The van der Waals surface area contributed by atoms with E-state index < -0.39 is 12.1 Å². The number of carbonyl (C=O) groups is 3. The zero-order valence-electron chi connectivity index (χ0n) is 28.9. The molecule has 0 spiro atoms. The maximum absolute atomic E-state index is 13.9. The molecule has 0 aliphatic carbocycles. The Morgan fingerprint density at radius 2 is 1.57 bits per heavy atom. The number of ketones is 1. The van der Waals surface area contributed by atoms with E-state index in [2.05, 4.69) is 34.4 Å². The number of amides is 3. The van der Waals surface area contributed by atoms with E-state index in [4.69, 9.17) is 4.74 Å². The summed E-state index contributed by atoms with van der Waals surface area (Å²) >= 11 is 3.02. The highest BCUT2D eigenvalue weighted by molar-refractivity contribution is 7.09. The van der Waals surface area contributed by atoms with Crippen molar-refractivity contribution < 1.29 is 19.1 Å². The maximum atomic E-state index is 13.9. The number of nitrogens with one attached hydrogen (secondary N) is 2. The van der Waals surface area contributed by atoms with Crippen LogP contribution < -0.4 is 10.6 Å². The Labute approximate surface area is 297 Å². The molecule has 3 amide bonds. The Balaban J connectivity index is 1.47. The number of benzene rings is 2. The summed E-state index contributed by atoms with van der Waals surface area (Å²) in [6, 6.07) is 18.6. The van der Waals surface area contributed by atoms with E-state index in [1.54, 1.807) is 35.0 Å². The third-order valence-corrected chi connectivity index (χ3v) is 9.90. The van der Waals surface area contributed by atoms with Crippen molar-refractivity contribution in [2.45, 2.75) is 78.1 Å². The Kier molecular flexibility index (Phi) is 14.5. The Morgan fingerprint density at radius 3 is 2.16 bits per heavy atom. The van der Waals surface area contributed by atoms with Crippen LogP contribution in [0.1, 0.15) is 66.7 Å². The predicted molar refractivity (Wildman–Crippen MR) is 197 cm³/mol. The molecule has 49 heavy (non-hydrogen) atoms. The molecule has 3 atom stereocenters. The lowest BCUT2D eigenvalue weighted by atomic mass is 9.88. The molecule has 3 unspecified atom stereocenters. The van der Waals surface area contributed by atoms with Gasteiger partial charge in [-0.25, -0.2) is 14.6 Å². The second-order valence-corrected chi connectivity index (χ2v) is 14.7. The van der Waals surface area contributed by atoms with Gasteiger partial charge in [0.15, 0.2) is 5.78 Å². The molecule has 260 valence electrons. The predicted octanol–water partition coefficient (Wildman–Crippen LogP) is 7.80. The topological polar surface area (TPSA) is 114 Å². The van der Waals surface area contributed by atoms with Gasteiger partial charge in [-0.2, -0.15) is 0 Å². The van der Waals surface area contributed by atoms with Crippen molar-refractivity contribution in [1.29, 1.82) is 0 Å². The summed E-state index contributed by atoms with van der Waals surface area (Å²) in [5.74, 6) is -0.0110. The van der Waals surface area contributed by atoms with Crippen LogP contribution in [-0.4, -0.2) is 51.9 Å². The van der Waals surface area contributed by atoms with Crippen molar-refractivity contribution in [2.24, 2.45) is 11.8 Å². The molecule has 0 fully saturated rings. The van der Waals surface area contributed by atoms with Crippen LogP contribution in [-0.2, 0) is 35.5 Å². The molecular formula is C38H47N5O4S2. The number of thiazole rings is 2. The lowest BCUT2D eigenvalue weighted by molar-refractivity contribution is -0.122. The quantitative estimate of drug-likeness (QED) is 0.109. The number of rotatable bonds is 17. The summed E-state index contributed by atoms with van der Waals surface area (Å²) in [7, 11) is 1.72. The number of hydrogen-bond donors (Lipinski definition) is 2. The number of alkyl carbamates (subject to hydrolysis) is 1. The van der Waals surface area contributed by atoms with Crippen LogP contribution >= 0.6 is 22.7 Å². The SMILES string of the molecule is CC(C)c1nc(CN(C)C(=O)NC(C(=O)CC(/C=C/C(Cc2ccccc2)NC(=O)OCc2cncs2)Cc2ccccc2)C(C)C)cs1. The highest BCUT2D eigenvalue weighted by Gasteiger charge is 2.27. The largest absolute Gasteiger partial charge is 0.444 e. The van der Waals surface area contributed by atoms with Gasteiger partial charge in [-0.3, -0.25) is 9.78 Å². The summed E-state index contributed by atoms with van der Waals surface area (Å²) in [4.78, 5) is 51.1. The van der Waals surface area contributed by atoms with Crippen LogP contribution in [0.4, 0.5) is 9.59 Å². The van der Waals surface area contributed by atoms with Gasteiger partial charge in [-0.1, -0.05) is 101 Å². The van der Waals surface area contributed by atoms with E-state index in [1.807, 2.05) is 92.0 Å². The first-order valence-electron chi connectivity index (χ1n) is 16.6. The number of nitrogens with zero attached hydrogens (tertiary/aromatic N) is 3. The summed E-state index contributed by atoms with van der Waals surface area (Å²) in [5.41, 5.74) is 4.68. The Bertz CT molecular complexity index is 1620. The zero-order chi connectivity index (χ0) is 35.2. The van der Waals surface area contributed by atoms with Crippen LogP contribution in [0, 0.1) is 11.8 Å². The van der Waals surface area contributed by atoms with E-state index >= 15 is 0 Å². The fourth-order valence-electron chi connectivity index (χ4n) is 5.32. The average Bonchev–Trinajstić information content (AvgIpc) is 3.78. The van der Waals surface area contributed by atoms with Gasteiger partial charge < -0.3 is 20.3 Å². The smallest absolute Gasteiger partial charge is 0.407 e. The number of hydrogen-bond acceptors (Lipinski definition) is 8. The molecule has 0 bridgehead atoms. The van der Waals surface area contributed by atoms with Crippen molar-refractivity contribution >= 4 is 40.6 Å². The molecule has 0 aliphatic rings. The van der Waals surface area contributed by atoms with Gasteiger partial charge in [0.2, 0.25) is 0 Å². The van der Waals surface area contributed by atoms with Crippen molar-refractivity contribution in [3.8, 4) is 0 Å². The van der Waals surface area contributed by atoms with Gasteiger partial charge in [0.05, 0.1) is 39.7 Å². The lowest BCUT2D eigenvalue weighted by Gasteiger charge is -2.26. The summed E-state index contributed by atoms with van der Waals surface area (Å²) < 4.78 is 5.47. The molecule has 2 aromatic carbocycles. The normalized spacial score (nSPS) is 13.3. The number of ether oxygens (including phenoxy) is 1. The van der Waals surface area contributed by atoms with Gasteiger partial charge in [0.25, 0.3) is 0 Å². The second kappa shape index (κ2) is 19.0. The second-order valence-electron chi connectivity index (χ2n) is 12.8. The third-order valence-electron chi connectivity index (χ3n) is 7.95. The molecule has 9 nitrogen and oxygen atoms in total. The molecular weight excluding hydrogens is 655 g/mol. The Morgan fingerprint density at radius 1 is 0.898 bits per heavy atom. The highest BCUT2D eigenvalue weighted by atomic mass is 32.1. The van der Waals surface area contributed by atoms with Gasteiger partial charge in [0.1, 0.15) is 6.61 Å². The summed E-state index contributed by atoms with van der Waals surface area (Å²) in [5, 5.41) is 9.00. The number of urea groups is 1. The molecule has 0 radical (unpaired) electrons. The van der Waals surface area contributed by atoms with Crippen LogP contribution in [0.15, 0.2) is 89.9 Å². The molecule has 2 heterocycles. The van der Waals surface area contributed by atoms with Crippen LogP contribution in [0.25, 0.3) is 0 Å². The standard InChI is InChI=1S/C38H47N5O4S2/c1-26(2)35(42-37(45)43(5)22-32-24-48-36(40-32)27(3)4)34(44)20-30(18-28-12-8-6-9-13-28)16-17-31(19-29-14-10-7-11-15-29)41-38(46)47-23-33-21-39-25-49-33/h6-17,21,24-27,30-31,35H,18-20,22-23H2,1-5H3,(H,41,46)(H,42,45)/b17-16+. The summed E-state index contributed by atoms with van der Waals surface area (Å²) in [6.45, 7) is 8.57. The average molecular weight is 702 g/mol. The zero-order valence-corrected chi connectivity index (χ0v) is 30.5. The molecule has 0 saturated heterocycles. The molecule has 11 heteroatoms. The van der Waals surface area contributed by atoms with E-state index in [0.29, 0.717) is 25.3 Å². The molecule has 0 saturated carbocycles. The fraction of sp³-hybridized carbons (Fsp3) is 0.395. The van der Waals surface area contributed by atoms with E-state index in [1.165, 1.54) is 11.3 Å². The van der Waals surface area contributed by atoms with Gasteiger partial charge in [0, 0.05) is 31.0 Å². The molecule has 2 aromatic heterocycles. The first-order valence-corrected chi connectivity index (χ1v) is 18.4. The minimum Gasteiger partial charge on any atom is -0.444 e. The van der Waals surface area contributed by atoms with Crippen LogP contribution in [0.5, 0.6) is 0 Å². The first-order chi connectivity index (χ1) is 23.6. The highest BCUT2D eigenvalue weighted by Crippen LogP contribution is 2.21. The number of carbonyl (C=O) groups excluding carboxylic acids is 3. The fourth-order valence-corrected chi connectivity index (χ4v) is 6.65. The van der Waals surface area contributed by atoms with E-state index in [0.717, 1.165) is 26.7 Å². The van der Waals surface area contributed by atoms with Crippen molar-refractivity contribution in [3.05, 3.63) is 117 Å². The number of Topliss-reactive ketones (excluding diaryl/α,β-unsaturated/α-hetero) is 1. The van der Waals surface area contributed by atoms with Crippen LogP contribution in [0.2, 0.25) is 0 Å². The molecule has 4 aromatic rings. The third kappa shape index (κ3) is 12.6. The first kappa shape index (κ1) is 37.5. The lowest BCUT2D eigenvalue weighted by Crippen LogP contribution is -2.49. The monoisotopic (exact) mass is 701 g/mol. The summed E-state index contributed by atoms with van der Waals surface area (Å²) in [6.07, 6.45) is 6.51. The minimum absolute atomic E-state index is 0.0466. The van der Waals surface area contributed by atoms with Crippen molar-refractivity contribution in [1.82, 2.24) is 25.5 Å². The van der Waals surface area contributed by atoms with Gasteiger partial charge in [-0.05, 0) is 35.8 Å². The minimum atomic E-state index is -0.664. The molecule has 2 N–H and O–H groups in total. The van der Waals surface area contributed by atoms with Gasteiger partial charge in [-0.15, -0.1) is 22.7 Å². The van der Waals surface area contributed by atoms with Crippen LogP contribution in [0.3, 0.4) is 0 Å². The number of aromatic nitrogens is 2. The van der Waals surface area contributed by atoms with E-state index in [-0.39, 0.29) is 42.7 Å². The van der Waals surface area contributed by atoms with Crippen molar-refractivity contribution in [2.75, 3.05) is 7.05 Å². The molecule has 4 rings (SSSR count). The number of allylic oxidation sites excluding steroid dienone is 1. The van der Waals surface area contributed by atoms with Crippen molar-refractivity contribution in [3.63, 3.8) is 0 Å². The maximum Gasteiger partial charge on any atom is 0.407 e. The van der Waals surface area contributed by atoms with E-state index in [9.17, 15) is 14.4 Å².